The van der Waals surface area contributed by atoms with Crippen molar-refractivity contribution in [2.24, 2.45) is 7.05 Å². The quantitative estimate of drug-likeness (QED) is 0.231. The number of carbonyl (C=O) groups excluding carboxylic acids is 3. The van der Waals surface area contributed by atoms with Gasteiger partial charge in [-0.15, -0.1) is 0 Å². The van der Waals surface area contributed by atoms with Crippen molar-refractivity contribution < 1.29 is 19.1 Å². The maximum Gasteiger partial charge on any atom is 0.255 e. The van der Waals surface area contributed by atoms with Gasteiger partial charge in [0.15, 0.2) is 0 Å². The maximum absolute atomic E-state index is 13.2. The Morgan fingerprint density at radius 3 is 2.48 bits per heavy atom. The van der Waals surface area contributed by atoms with Crippen LogP contribution in [0.2, 0.25) is 0 Å². The molecule has 0 spiro atoms. The second kappa shape index (κ2) is 13.2. The van der Waals surface area contributed by atoms with E-state index in [2.05, 4.69) is 56.3 Å². The molecule has 1 N–H and O–H groups in total. The van der Waals surface area contributed by atoms with Crippen molar-refractivity contribution in [1.82, 2.24) is 24.6 Å². The van der Waals surface area contributed by atoms with Gasteiger partial charge in [-0.25, -0.2) is 0 Å². The van der Waals surface area contributed by atoms with Crippen LogP contribution >= 0.6 is 0 Å². The summed E-state index contributed by atoms with van der Waals surface area (Å²) in [7, 11) is 3.48. The highest BCUT2D eigenvalue weighted by Crippen LogP contribution is 2.41. The van der Waals surface area contributed by atoms with E-state index in [-0.39, 0.29) is 35.7 Å². The molecule has 3 amide bonds. The molecule has 1 atom stereocenters. The average molecular weight is 726 g/mol. The van der Waals surface area contributed by atoms with Crippen LogP contribution in [0.1, 0.15) is 65.2 Å². The summed E-state index contributed by atoms with van der Waals surface area (Å²) in [6, 6.07) is 18.4. The van der Waals surface area contributed by atoms with Crippen LogP contribution in [0.5, 0.6) is 5.75 Å². The summed E-state index contributed by atoms with van der Waals surface area (Å²) in [5.41, 5.74) is 9.94. The number of hydrogen-bond donors (Lipinski definition) is 1. The van der Waals surface area contributed by atoms with Crippen molar-refractivity contribution in [2.45, 2.75) is 64.1 Å². The van der Waals surface area contributed by atoms with Gasteiger partial charge in [0.1, 0.15) is 11.8 Å². The molecular weight excluding hydrogens is 683 g/mol. The Balaban J connectivity index is 0.894. The lowest BCUT2D eigenvalue weighted by Crippen LogP contribution is -2.52. The first-order valence-corrected chi connectivity index (χ1v) is 18.8. The van der Waals surface area contributed by atoms with Crippen LogP contribution in [0, 0.1) is 6.92 Å². The van der Waals surface area contributed by atoms with Crippen LogP contribution in [-0.4, -0.2) is 69.8 Å². The first-order chi connectivity index (χ1) is 26.2. The molecule has 6 heterocycles. The van der Waals surface area contributed by atoms with E-state index in [1.807, 2.05) is 44.4 Å². The van der Waals surface area contributed by atoms with Gasteiger partial charge in [0.2, 0.25) is 11.8 Å². The molecule has 54 heavy (non-hydrogen) atoms. The Hall–Kier alpha value is -5.91. The van der Waals surface area contributed by atoms with Crippen molar-refractivity contribution in [3.05, 3.63) is 99.6 Å². The lowest BCUT2D eigenvalue weighted by atomic mass is 9.96. The number of ether oxygens (including phenoxy) is 1. The molecule has 0 bridgehead atoms. The zero-order chi connectivity index (χ0) is 37.2. The number of hydrogen-bond acceptors (Lipinski definition) is 8. The third kappa shape index (κ3) is 5.71. The molecule has 0 radical (unpaired) electrons. The number of pyridine rings is 1. The minimum atomic E-state index is -0.612. The van der Waals surface area contributed by atoms with Gasteiger partial charge < -0.3 is 24.0 Å². The molecule has 2 saturated heterocycles. The van der Waals surface area contributed by atoms with Crippen LogP contribution < -0.4 is 25.4 Å². The van der Waals surface area contributed by atoms with Gasteiger partial charge >= 0.3 is 0 Å². The van der Waals surface area contributed by atoms with Crippen LogP contribution in [0.15, 0.2) is 71.8 Å². The number of piperidine rings is 2. The van der Waals surface area contributed by atoms with Crippen LogP contribution in [0.4, 0.5) is 17.1 Å². The standard InChI is InChI=1S/C42H43N7O5/c1-25-17-34-37(45(2)41(25)52)20-32(54-3)21-38(34)47-14-4-5-27-18-26(6-9-35(27)47)29-22-43-49(24-29)30-12-15-46(16-13-30)31-7-8-33-28(19-31)23-48(42(33)53)36-10-11-39(50)44-40(36)51/h6-9,17-22,24,30,36H,4-5,10-16,23H2,1-3H3,(H,44,50,51). The SMILES string of the molecule is COc1cc(N2CCCc3cc(-c4cnn(C5CCN(c6ccc7c(c6)CN(C6CCC(=O)NC6=O)C7=O)CC5)c4)ccc32)c2cc(C)c(=O)n(C)c2c1. The van der Waals surface area contributed by atoms with E-state index >= 15 is 0 Å². The third-order valence-electron chi connectivity index (χ3n) is 11.8. The minimum absolute atomic E-state index is 0.00380. The van der Waals surface area contributed by atoms with E-state index in [9.17, 15) is 19.2 Å². The molecule has 12 nitrogen and oxygen atoms in total. The highest BCUT2D eigenvalue weighted by atomic mass is 16.5. The number of rotatable bonds is 6. The molecule has 2 fully saturated rings. The monoisotopic (exact) mass is 725 g/mol. The Morgan fingerprint density at radius 1 is 0.852 bits per heavy atom. The fraction of sp³-hybridized carbons (Fsp3) is 0.357. The lowest BCUT2D eigenvalue weighted by Gasteiger charge is -2.34. The number of methoxy groups -OCH3 is 1. The topological polar surface area (TPSA) is 122 Å². The number of aromatic nitrogens is 3. The summed E-state index contributed by atoms with van der Waals surface area (Å²) in [6.45, 7) is 4.85. The van der Waals surface area contributed by atoms with Gasteiger partial charge in [-0.1, -0.05) is 6.07 Å². The molecule has 3 aromatic carbocycles. The minimum Gasteiger partial charge on any atom is -0.497 e. The van der Waals surface area contributed by atoms with Crippen molar-refractivity contribution in [3.63, 3.8) is 0 Å². The van der Waals surface area contributed by atoms with Gasteiger partial charge in [0.05, 0.1) is 30.6 Å². The summed E-state index contributed by atoms with van der Waals surface area (Å²) in [5, 5.41) is 8.24. The van der Waals surface area contributed by atoms with Gasteiger partial charge in [0.25, 0.3) is 11.5 Å². The van der Waals surface area contributed by atoms with E-state index in [0.717, 1.165) is 90.0 Å². The number of aryl methyl sites for hydroxylation is 3. The molecule has 9 rings (SSSR count). The summed E-state index contributed by atoms with van der Waals surface area (Å²) in [5.74, 6) is -0.0980. The molecule has 1 unspecified atom stereocenters. The number of imide groups is 1. The van der Waals surface area contributed by atoms with E-state index < -0.39 is 6.04 Å². The van der Waals surface area contributed by atoms with Crippen LogP contribution in [0.25, 0.3) is 22.0 Å². The van der Waals surface area contributed by atoms with E-state index in [4.69, 9.17) is 9.84 Å². The molecule has 276 valence electrons. The van der Waals surface area contributed by atoms with Crippen molar-refractivity contribution >= 4 is 45.7 Å². The smallest absolute Gasteiger partial charge is 0.255 e. The number of nitrogens with zero attached hydrogens (tertiary/aromatic N) is 6. The first kappa shape index (κ1) is 33.9. The van der Waals surface area contributed by atoms with E-state index in [0.29, 0.717) is 24.1 Å². The molecule has 4 aliphatic heterocycles. The lowest BCUT2D eigenvalue weighted by molar-refractivity contribution is -0.136. The van der Waals surface area contributed by atoms with Gasteiger partial charge in [-0.3, -0.25) is 29.2 Å². The number of fused-ring (bicyclic) bond motifs is 3. The fourth-order valence-corrected chi connectivity index (χ4v) is 8.88. The molecule has 2 aromatic heterocycles. The number of benzene rings is 3. The Morgan fingerprint density at radius 2 is 1.69 bits per heavy atom. The Bertz CT molecular complexity index is 2420. The van der Waals surface area contributed by atoms with Crippen molar-refractivity contribution in [2.75, 3.05) is 36.5 Å². The van der Waals surface area contributed by atoms with Crippen molar-refractivity contribution in [3.8, 4) is 16.9 Å². The summed E-state index contributed by atoms with van der Waals surface area (Å²) in [6.07, 6.45) is 8.63. The Kier molecular flexibility index (Phi) is 8.28. The second-order valence-electron chi connectivity index (χ2n) is 15.0. The summed E-state index contributed by atoms with van der Waals surface area (Å²) in [4.78, 5) is 56.4. The summed E-state index contributed by atoms with van der Waals surface area (Å²) >= 11 is 0. The molecule has 5 aromatic rings. The van der Waals surface area contributed by atoms with E-state index in [1.165, 1.54) is 11.3 Å². The number of anilines is 3. The predicted molar refractivity (Wildman–Crippen MR) is 206 cm³/mol. The zero-order valence-corrected chi connectivity index (χ0v) is 30.8. The predicted octanol–water partition coefficient (Wildman–Crippen LogP) is 5.41. The maximum atomic E-state index is 13.2. The van der Waals surface area contributed by atoms with Gasteiger partial charge in [-0.05, 0) is 92.1 Å². The van der Waals surface area contributed by atoms with Crippen LogP contribution in [-0.2, 0) is 29.6 Å². The number of nitrogens with one attached hydrogen (secondary N) is 1. The first-order valence-electron chi connectivity index (χ1n) is 18.8. The zero-order valence-electron chi connectivity index (χ0n) is 30.8. The second-order valence-corrected chi connectivity index (χ2v) is 15.0. The average Bonchev–Trinajstić information content (AvgIpc) is 3.81. The van der Waals surface area contributed by atoms with Gasteiger partial charge in [0, 0.05) is 91.4 Å². The molecule has 12 heteroatoms. The highest BCUT2D eigenvalue weighted by Gasteiger charge is 2.39. The fourth-order valence-electron chi connectivity index (χ4n) is 8.88. The largest absolute Gasteiger partial charge is 0.497 e. The molecule has 0 saturated carbocycles. The normalized spacial score (nSPS) is 19.0. The van der Waals surface area contributed by atoms with Gasteiger partial charge in [-0.2, -0.15) is 5.10 Å². The number of carbonyl (C=O) groups is 3. The van der Waals surface area contributed by atoms with E-state index in [1.54, 1.807) is 16.6 Å². The molecular formula is C42H43N7O5. The third-order valence-corrected chi connectivity index (χ3v) is 11.8. The molecule has 0 aliphatic carbocycles. The summed E-state index contributed by atoms with van der Waals surface area (Å²) < 4.78 is 9.51. The number of amides is 3. The van der Waals surface area contributed by atoms with Crippen molar-refractivity contribution in [1.29, 1.82) is 0 Å². The highest BCUT2D eigenvalue weighted by molar-refractivity contribution is 6.05. The van der Waals surface area contributed by atoms with Crippen LogP contribution in [0.3, 0.4) is 0 Å². The Labute approximate surface area is 312 Å². The molecule has 4 aliphatic rings.